The molecule has 8 rings (SSSR count). The van der Waals surface area contributed by atoms with Crippen molar-refractivity contribution in [3.05, 3.63) is 125 Å². The Bertz CT molecular complexity index is 1870. The van der Waals surface area contributed by atoms with E-state index in [-0.39, 0.29) is 5.41 Å². The highest BCUT2D eigenvalue weighted by Gasteiger charge is 2.50. The van der Waals surface area contributed by atoms with Crippen LogP contribution in [0.5, 0.6) is 11.5 Å². The number of hydrogen-bond donors (Lipinski definition) is 0. The lowest BCUT2D eigenvalue weighted by molar-refractivity contribution is 0.162. The number of allylic oxidation sites excluding steroid dienone is 3. The van der Waals surface area contributed by atoms with Crippen LogP contribution in [-0.2, 0) is 11.0 Å². The largest absolute Gasteiger partial charge is 0.497 e. The van der Waals surface area contributed by atoms with Gasteiger partial charge in [-0.05, 0) is 96.5 Å². The number of hydrogen-bond acceptors (Lipinski definition) is 3. The molecule has 2 unspecified atom stereocenters. The average Bonchev–Trinajstić information content (AvgIpc) is 3.37. The number of rotatable bonds is 5. The Hall–Kier alpha value is -4.24. The van der Waals surface area contributed by atoms with Crippen molar-refractivity contribution in [2.45, 2.75) is 82.1 Å². The third-order valence-corrected chi connectivity index (χ3v) is 12.1. The van der Waals surface area contributed by atoms with E-state index >= 15 is 0 Å². The van der Waals surface area contributed by atoms with Crippen molar-refractivity contribution in [1.29, 1.82) is 0 Å². The molecule has 1 saturated heterocycles. The maximum absolute atomic E-state index is 7.64. The van der Waals surface area contributed by atoms with Crippen LogP contribution in [-0.4, -0.2) is 20.2 Å². The van der Waals surface area contributed by atoms with E-state index in [9.17, 15) is 0 Å². The van der Waals surface area contributed by atoms with Crippen molar-refractivity contribution in [2.24, 2.45) is 5.92 Å². The van der Waals surface area contributed by atoms with E-state index in [1.807, 2.05) is 6.08 Å². The smallest absolute Gasteiger partial charge is 0.178 e. The molecule has 0 aromatic heterocycles. The first-order chi connectivity index (χ1) is 23.6. The van der Waals surface area contributed by atoms with Gasteiger partial charge in [0.05, 0.1) is 7.11 Å². The fourth-order valence-corrected chi connectivity index (χ4v) is 9.61. The summed E-state index contributed by atoms with van der Waals surface area (Å²) in [5.41, 5.74) is 8.45. The lowest BCUT2D eigenvalue weighted by Gasteiger charge is -2.41. The number of methoxy groups -OCH3 is 1. The van der Waals surface area contributed by atoms with Crippen molar-refractivity contribution in [2.75, 3.05) is 25.1 Å². The van der Waals surface area contributed by atoms with Crippen LogP contribution in [0.3, 0.4) is 0 Å². The van der Waals surface area contributed by atoms with Crippen LogP contribution < -0.4 is 14.4 Å². The Morgan fingerprint density at radius 3 is 2.21 bits per heavy atom. The Labute approximate surface area is 287 Å². The summed E-state index contributed by atoms with van der Waals surface area (Å²) in [4.78, 5) is 2.53. The van der Waals surface area contributed by atoms with Crippen LogP contribution in [0.1, 0.15) is 98.9 Å². The molecule has 2 heterocycles. The summed E-state index contributed by atoms with van der Waals surface area (Å²) in [6.07, 6.45) is 21.8. The molecule has 0 radical (unpaired) electrons. The van der Waals surface area contributed by atoms with E-state index in [0.29, 0.717) is 5.92 Å². The second-order valence-electron chi connectivity index (χ2n) is 14.5. The van der Waals surface area contributed by atoms with Crippen LogP contribution >= 0.6 is 0 Å². The predicted octanol–water partition coefficient (Wildman–Crippen LogP) is 11.4. The fraction of sp³-hybridized carbons (Fsp3) is 0.378. The lowest BCUT2D eigenvalue weighted by atomic mass is 9.65. The molecule has 2 aliphatic carbocycles. The molecular formula is C45H49NO2. The zero-order chi connectivity index (χ0) is 32.7. The van der Waals surface area contributed by atoms with Gasteiger partial charge in [-0.1, -0.05) is 106 Å². The molecule has 4 aromatic carbocycles. The molecule has 1 saturated carbocycles. The molecular weight excluding hydrogens is 587 g/mol. The van der Waals surface area contributed by atoms with E-state index in [1.165, 1.54) is 97.5 Å². The first-order valence-electron chi connectivity index (χ1n) is 18.4. The minimum Gasteiger partial charge on any atom is -0.497 e. The summed E-state index contributed by atoms with van der Waals surface area (Å²) in [5, 5.41) is 2.36. The van der Waals surface area contributed by atoms with Gasteiger partial charge < -0.3 is 14.4 Å². The highest BCUT2D eigenvalue weighted by molar-refractivity contribution is 6.06. The summed E-state index contributed by atoms with van der Waals surface area (Å²) in [6, 6.07) is 26.6. The van der Waals surface area contributed by atoms with Crippen molar-refractivity contribution in [3.63, 3.8) is 0 Å². The molecule has 246 valence electrons. The van der Waals surface area contributed by atoms with Gasteiger partial charge >= 0.3 is 0 Å². The highest BCUT2D eigenvalue weighted by Crippen LogP contribution is 2.62. The van der Waals surface area contributed by atoms with Gasteiger partial charge in [0.15, 0.2) is 5.60 Å². The quantitative estimate of drug-likeness (QED) is 0.218. The molecule has 0 bridgehead atoms. The summed E-state index contributed by atoms with van der Waals surface area (Å²) >= 11 is 0. The molecule has 3 nitrogen and oxygen atoms in total. The minimum atomic E-state index is -0.767. The van der Waals surface area contributed by atoms with Gasteiger partial charge in [0.25, 0.3) is 0 Å². The molecule has 2 aliphatic heterocycles. The van der Waals surface area contributed by atoms with Gasteiger partial charge in [-0.15, -0.1) is 0 Å². The number of fused-ring (bicyclic) bond motifs is 7. The third-order valence-electron chi connectivity index (χ3n) is 12.1. The molecule has 4 aliphatic rings. The average molecular weight is 636 g/mol. The molecule has 1 spiro atoms. The summed E-state index contributed by atoms with van der Waals surface area (Å²) in [6.45, 7) is 8.92. The molecule has 3 heteroatoms. The van der Waals surface area contributed by atoms with Gasteiger partial charge in [0.1, 0.15) is 11.5 Å². The predicted molar refractivity (Wildman–Crippen MR) is 201 cm³/mol. The monoisotopic (exact) mass is 635 g/mol. The Balaban J connectivity index is 1.38. The number of ether oxygens (including phenoxy) is 2. The standard InChI is InChI=1S/C45H49NO2/c1-4-16-37-32(2)44(26-12-6-5-7-13-27-44)42-39-25-28-45(33-17-10-8-11-18-33,34-19-21-35(22-20-34)46-29-14-9-15-30-46)48-43(39)40-31-36(47-3)23-24-38(40)41(37)42/h4,8,10-11,16-25,28,31-32H,1,5-7,9,12-15,26-27,29-30H2,2-3H3/b37-16+. The highest BCUT2D eigenvalue weighted by atomic mass is 16.5. The SMILES string of the molecule is C=C/C=C1/c2c(c3c(c4cc(OC)ccc24)OC(c2ccccc2)(c2ccc(N4CCCCC4)cc2)C=C3)C2(CCCCCCC2)C1C. The molecule has 0 amide bonds. The normalized spacial score (nSPS) is 24.1. The van der Waals surface area contributed by atoms with E-state index in [4.69, 9.17) is 9.47 Å². The van der Waals surface area contributed by atoms with Crippen molar-refractivity contribution in [1.82, 2.24) is 0 Å². The van der Waals surface area contributed by atoms with Gasteiger partial charge in [-0.3, -0.25) is 0 Å². The van der Waals surface area contributed by atoms with E-state index in [2.05, 4.69) is 109 Å². The van der Waals surface area contributed by atoms with Crippen molar-refractivity contribution < 1.29 is 9.47 Å². The lowest BCUT2D eigenvalue weighted by Crippen LogP contribution is -2.36. The molecule has 2 atom stereocenters. The fourth-order valence-electron chi connectivity index (χ4n) is 9.61. The van der Waals surface area contributed by atoms with Crippen LogP contribution in [0, 0.1) is 5.92 Å². The first kappa shape index (κ1) is 31.1. The maximum Gasteiger partial charge on any atom is 0.178 e. The molecule has 2 fully saturated rings. The third kappa shape index (κ3) is 4.92. The molecule has 4 aromatic rings. The van der Waals surface area contributed by atoms with E-state index in [1.54, 1.807) is 7.11 Å². The molecule has 48 heavy (non-hydrogen) atoms. The zero-order valence-electron chi connectivity index (χ0n) is 28.8. The number of piperidine rings is 1. The summed E-state index contributed by atoms with van der Waals surface area (Å²) < 4.78 is 13.5. The maximum atomic E-state index is 7.64. The second-order valence-corrected chi connectivity index (χ2v) is 14.5. The Kier molecular flexibility index (Phi) is 8.19. The second kappa shape index (κ2) is 12.7. The van der Waals surface area contributed by atoms with Crippen molar-refractivity contribution >= 4 is 28.1 Å². The zero-order valence-corrected chi connectivity index (χ0v) is 28.8. The van der Waals surface area contributed by atoms with Crippen molar-refractivity contribution in [3.8, 4) is 11.5 Å². The topological polar surface area (TPSA) is 21.7 Å². The van der Waals surface area contributed by atoms with Crippen LogP contribution in [0.15, 0.2) is 97.6 Å². The first-order valence-corrected chi connectivity index (χ1v) is 18.4. The van der Waals surface area contributed by atoms with Gasteiger partial charge in [-0.25, -0.2) is 0 Å². The van der Waals surface area contributed by atoms with Gasteiger partial charge in [0, 0.05) is 46.3 Å². The van der Waals surface area contributed by atoms with E-state index < -0.39 is 5.60 Å². The van der Waals surface area contributed by atoms with Gasteiger partial charge in [0.2, 0.25) is 0 Å². The van der Waals surface area contributed by atoms with E-state index in [0.717, 1.165) is 41.1 Å². The van der Waals surface area contributed by atoms with Gasteiger partial charge in [-0.2, -0.15) is 0 Å². The summed E-state index contributed by atoms with van der Waals surface area (Å²) in [7, 11) is 1.76. The Morgan fingerprint density at radius 1 is 0.812 bits per heavy atom. The number of benzene rings is 4. The number of nitrogens with zero attached hydrogens (tertiary/aromatic N) is 1. The molecule has 0 N–H and O–H groups in total. The Morgan fingerprint density at radius 2 is 1.50 bits per heavy atom. The van der Waals surface area contributed by atoms with Crippen LogP contribution in [0.4, 0.5) is 5.69 Å². The summed E-state index contributed by atoms with van der Waals surface area (Å²) in [5.74, 6) is 2.22. The number of anilines is 1. The minimum absolute atomic E-state index is 0.0688. The van der Waals surface area contributed by atoms with Crippen LogP contribution in [0.25, 0.3) is 22.4 Å². The van der Waals surface area contributed by atoms with Crippen LogP contribution in [0.2, 0.25) is 0 Å².